The molecule has 0 saturated heterocycles. The molecule has 2 aromatic carbocycles. The minimum absolute atomic E-state index is 0.311. The van der Waals surface area contributed by atoms with Gasteiger partial charge in [0, 0.05) is 11.8 Å². The average molecular weight is 383 g/mol. The third-order valence-corrected chi connectivity index (χ3v) is 3.99. The number of hydrogen-bond acceptors (Lipinski definition) is 6. The summed E-state index contributed by atoms with van der Waals surface area (Å²) >= 11 is 6.18. The molecule has 2 N–H and O–H groups in total. The van der Waals surface area contributed by atoms with Crippen molar-refractivity contribution in [2.45, 2.75) is 13.8 Å². The Morgan fingerprint density at radius 3 is 2.48 bits per heavy atom. The molecule has 3 aromatic rings. The second kappa shape index (κ2) is 8.51. The Morgan fingerprint density at radius 2 is 1.74 bits per heavy atom. The van der Waals surface area contributed by atoms with Crippen LogP contribution >= 0.6 is 11.6 Å². The van der Waals surface area contributed by atoms with E-state index in [0.29, 0.717) is 40.3 Å². The fraction of sp³-hybridized carbons (Fsp3) is 0.150. The van der Waals surface area contributed by atoms with Crippen LogP contribution in [0.3, 0.4) is 0 Å². The summed E-state index contributed by atoms with van der Waals surface area (Å²) < 4.78 is 5.11. The quantitative estimate of drug-likeness (QED) is 0.577. The molecule has 0 aliphatic rings. The second-order valence-electron chi connectivity index (χ2n) is 5.71. The van der Waals surface area contributed by atoms with Crippen LogP contribution in [0, 0.1) is 6.92 Å². The second-order valence-corrected chi connectivity index (χ2v) is 6.12. The monoisotopic (exact) mass is 382 g/mol. The highest BCUT2D eigenvalue weighted by Crippen LogP contribution is 2.25. The van der Waals surface area contributed by atoms with Crippen molar-refractivity contribution in [3.05, 3.63) is 70.9 Å². The smallest absolute Gasteiger partial charge is 0.340 e. The average Bonchev–Trinajstić information content (AvgIpc) is 2.64. The van der Waals surface area contributed by atoms with E-state index in [4.69, 9.17) is 16.3 Å². The third-order valence-electron chi connectivity index (χ3n) is 3.66. The molecule has 27 heavy (non-hydrogen) atoms. The van der Waals surface area contributed by atoms with E-state index in [9.17, 15) is 4.79 Å². The summed E-state index contributed by atoms with van der Waals surface area (Å²) in [4.78, 5) is 21.0. The Morgan fingerprint density at radius 1 is 1.04 bits per heavy atom. The van der Waals surface area contributed by atoms with E-state index >= 15 is 0 Å². The minimum atomic E-state index is -0.388. The number of carbonyl (C=O) groups is 1. The van der Waals surface area contributed by atoms with E-state index in [1.165, 1.54) is 0 Å². The lowest BCUT2D eigenvalue weighted by Gasteiger charge is -2.13. The van der Waals surface area contributed by atoms with Crippen LogP contribution in [0.1, 0.15) is 23.0 Å². The number of benzene rings is 2. The highest BCUT2D eigenvalue weighted by atomic mass is 35.5. The molecule has 0 spiro atoms. The molecule has 7 heteroatoms. The fourth-order valence-corrected chi connectivity index (χ4v) is 2.67. The molecule has 138 valence electrons. The summed E-state index contributed by atoms with van der Waals surface area (Å²) in [7, 11) is 0. The summed E-state index contributed by atoms with van der Waals surface area (Å²) in [6.45, 7) is 3.95. The molecule has 3 rings (SSSR count). The van der Waals surface area contributed by atoms with Gasteiger partial charge >= 0.3 is 5.97 Å². The van der Waals surface area contributed by atoms with Gasteiger partial charge in [-0.05, 0) is 38.1 Å². The predicted molar refractivity (Wildman–Crippen MR) is 107 cm³/mol. The van der Waals surface area contributed by atoms with E-state index in [-0.39, 0.29) is 5.97 Å². The van der Waals surface area contributed by atoms with Crippen molar-refractivity contribution in [1.82, 2.24) is 9.97 Å². The standard InChI is InChI=1S/C20H19ClN4O2/c1-3-27-19(26)14-8-4-6-10-16(14)23-18-12-13(2)22-20(25-18)24-17-11-7-5-9-15(17)21/h4-12H,3H2,1-2H3,(H2,22,23,24,25). The Kier molecular flexibility index (Phi) is 5.88. The third kappa shape index (κ3) is 4.74. The van der Waals surface area contributed by atoms with Crippen LogP contribution in [0.5, 0.6) is 0 Å². The van der Waals surface area contributed by atoms with E-state index in [2.05, 4.69) is 20.6 Å². The molecule has 1 heterocycles. The largest absolute Gasteiger partial charge is 0.462 e. The Hall–Kier alpha value is -3.12. The highest BCUT2D eigenvalue weighted by Gasteiger charge is 2.13. The van der Waals surface area contributed by atoms with E-state index in [1.807, 2.05) is 31.2 Å². The van der Waals surface area contributed by atoms with Crippen LogP contribution in [0.2, 0.25) is 5.02 Å². The summed E-state index contributed by atoms with van der Waals surface area (Å²) in [5.74, 6) is 0.564. The van der Waals surface area contributed by atoms with Gasteiger partial charge in [0.05, 0.1) is 28.6 Å². The van der Waals surface area contributed by atoms with Crippen LogP contribution in [-0.4, -0.2) is 22.5 Å². The lowest BCUT2D eigenvalue weighted by atomic mass is 10.2. The number of aryl methyl sites for hydroxylation is 1. The number of nitrogens with one attached hydrogen (secondary N) is 2. The first-order valence-corrected chi connectivity index (χ1v) is 8.85. The molecule has 0 amide bonds. The summed E-state index contributed by atoms with van der Waals surface area (Å²) in [5, 5.41) is 6.85. The van der Waals surface area contributed by atoms with Crippen LogP contribution in [0.25, 0.3) is 0 Å². The van der Waals surface area contributed by atoms with Crippen LogP contribution < -0.4 is 10.6 Å². The van der Waals surface area contributed by atoms with Crippen molar-refractivity contribution in [2.24, 2.45) is 0 Å². The minimum Gasteiger partial charge on any atom is -0.462 e. The van der Waals surface area contributed by atoms with Crippen LogP contribution in [0.15, 0.2) is 54.6 Å². The maximum absolute atomic E-state index is 12.1. The van der Waals surface area contributed by atoms with Crippen molar-refractivity contribution < 1.29 is 9.53 Å². The first-order chi connectivity index (χ1) is 13.1. The number of para-hydroxylation sites is 2. The van der Waals surface area contributed by atoms with Crippen molar-refractivity contribution >= 4 is 40.7 Å². The SMILES string of the molecule is CCOC(=O)c1ccccc1Nc1cc(C)nc(Nc2ccccc2Cl)n1. The number of hydrogen-bond donors (Lipinski definition) is 2. The molecule has 0 fully saturated rings. The van der Waals surface area contributed by atoms with Gasteiger partial charge in [0.2, 0.25) is 5.95 Å². The maximum Gasteiger partial charge on any atom is 0.340 e. The molecule has 6 nitrogen and oxygen atoms in total. The fourth-order valence-electron chi connectivity index (χ4n) is 2.49. The van der Waals surface area contributed by atoms with E-state index in [0.717, 1.165) is 5.69 Å². The van der Waals surface area contributed by atoms with Crippen LogP contribution in [-0.2, 0) is 4.74 Å². The maximum atomic E-state index is 12.1. The molecule has 0 aliphatic heterocycles. The summed E-state index contributed by atoms with van der Waals surface area (Å²) in [5.41, 5.74) is 2.52. The zero-order valence-electron chi connectivity index (χ0n) is 15.0. The number of nitrogens with zero attached hydrogens (tertiary/aromatic N) is 2. The zero-order valence-corrected chi connectivity index (χ0v) is 15.7. The van der Waals surface area contributed by atoms with Crippen molar-refractivity contribution in [1.29, 1.82) is 0 Å². The van der Waals surface area contributed by atoms with Crippen molar-refractivity contribution in [3.63, 3.8) is 0 Å². The Balaban J connectivity index is 1.88. The molecule has 0 atom stereocenters. The molecule has 0 saturated carbocycles. The molecule has 0 radical (unpaired) electrons. The van der Waals surface area contributed by atoms with Gasteiger partial charge in [-0.2, -0.15) is 4.98 Å². The number of rotatable bonds is 6. The molecular formula is C20H19ClN4O2. The van der Waals surface area contributed by atoms with Crippen molar-refractivity contribution in [3.8, 4) is 0 Å². The Labute approximate surface area is 162 Å². The molecule has 0 unspecified atom stereocenters. The van der Waals surface area contributed by atoms with Gasteiger partial charge in [0.15, 0.2) is 0 Å². The first kappa shape index (κ1) is 18.7. The van der Waals surface area contributed by atoms with Gasteiger partial charge < -0.3 is 15.4 Å². The number of aromatic nitrogens is 2. The van der Waals surface area contributed by atoms with Gasteiger partial charge in [0.1, 0.15) is 5.82 Å². The molecular weight excluding hydrogens is 364 g/mol. The zero-order chi connectivity index (χ0) is 19.2. The highest BCUT2D eigenvalue weighted by molar-refractivity contribution is 6.33. The van der Waals surface area contributed by atoms with Gasteiger partial charge in [0.25, 0.3) is 0 Å². The van der Waals surface area contributed by atoms with Crippen molar-refractivity contribution in [2.75, 3.05) is 17.2 Å². The number of esters is 1. The Bertz CT molecular complexity index is 962. The number of ether oxygens (including phenoxy) is 1. The molecule has 0 bridgehead atoms. The number of anilines is 4. The van der Waals surface area contributed by atoms with E-state index in [1.54, 1.807) is 37.3 Å². The normalized spacial score (nSPS) is 10.3. The molecule has 0 aliphatic carbocycles. The predicted octanol–water partition coefficient (Wildman–Crippen LogP) is 5.10. The number of carbonyl (C=O) groups excluding carboxylic acids is 1. The first-order valence-electron chi connectivity index (χ1n) is 8.47. The van der Waals surface area contributed by atoms with E-state index < -0.39 is 0 Å². The van der Waals surface area contributed by atoms with Gasteiger partial charge in [-0.3, -0.25) is 0 Å². The lowest BCUT2D eigenvalue weighted by Crippen LogP contribution is -2.09. The lowest BCUT2D eigenvalue weighted by molar-refractivity contribution is 0.0527. The number of halogens is 1. The van der Waals surface area contributed by atoms with Gasteiger partial charge in [-0.15, -0.1) is 0 Å². The van der Waals surface area contributed by atoms with Gasteiger partial charge in [-0.25, -0.2) is 9.78 Å². The van der Waals surface area contributed by atoms with Crippen LogP contribution in [0.4, 0.5) is 23.1 Å². The topological polar surface area (TPSA) is 76.1 Å². The summed E-state index contributed by atoms with van der Waals surface area (Å²) in [6.07, 6.45) is 0. The van der Waals surface area contributed by atoms with Gasteiger partial charge in [-0.1, -0.05) is 35.9 Å². The molecule has 1 aromatic heterocycles. The summed E-state index contributed by atoms with van der Waals surface area (Å²) in [6, 6.07) is 16.3.